The molecule has 6 rings (SSSR count). The summed E-state index contributed by atoms with van der Waals surface area (Å²) in [5.41, 5.74) is 2.39. The van der Waals surface area contributed by atoms with Crippen LogP contribution in [0.25, 0.3) is 0 Å². The van der Waals surface area contributed by atoms with Crippen LogP contribution in [-0.2, 0) is 19.9 Å². The molecular weight excluding hydrogens is 397 g/mol. The van der Waals surface area contributed by atoms with Gasteiger partial charge in [0, 0.05) is 18.4 Å². The van der Waals surface area contributed by atoms with Crippen LogP contribution in [0.1, 0.15) is 29.5 Å². The summed E-state index contributed by atoms with van der Waals surface area (Å²) in [7, 11) is 0. The summed E-state index contributed by atoms with van der Waals surface area (Å²) in [5.74, 6) is -2.75. The standard InChI is InChI=1S/C24H22FN3O3/c1-12-5-7-15(10-13(12)2)28-21(29)19-18-4-3-9-27(18)24(20(19)22(28)30)16-11-14(25)6-8-17(16)26-23(24)31/h5-8,10-11,18-20H,3-4,9H2,1-2H3,(H,26,31)/p+1/t18-,19-,20+,24-/m1/s1. The van der Waals surface area contributed by atoms with Crippen LogP contribution in [0.3, 0.4) is 0 Å². The molecule has 2 N–H and O–H groups in total. The number of rotatable bonds is 1. The van der Waals surface area contributed by atoms with Crippen molar-refractivity contribution in [3.05, 3.63) is 58.9 Å². The molecule has 0 bridgehead atoms. The molecule has 7 heteroatoms. The van der Waals surface area contributed by atoms with E-state index < -0.39 is 23.2 Å². The first-order chi connectivity index (χ1) is 14.9. The molecule has 4 aliphatic heterocycles. The molecule has 3 saturated heterocycles. The Kier molecular flexibility index (Phi) is 3.62. The summed E-state index contributed by atoms with van der Waals surface area (Å²) >= 11 is 0. The highest BCUT2D eigenvalue weighted by Gasteiger charge is 2.78. The van der Waals surface area contributed by atoms with Gasteiger partial charge in [-0.15, -0.1) is 0 Å². The molecular formula is C24H23FN3O3+. The fourth-order valence-electron chi connectivity index (χ4n) is 6.55. The predicted octanol–water partition coefficient (Wildman–Crippen LogP) is 1.46. The molecule has 4 aliphatic rings. The van der Waals surface area contributed by atoms with Gasteiger partial charge in [-0.2, -0.15) is 0 Å². The normalized spacial score (nSPS) is 33.1. The molecule has 0 saturated carbocycles. The second-order valence-electron chi connectivity index (χ2n) is 9.26. The minimum Gasteiger partial charge on any atom is -0.320 e. The molecule has 0 radical (unpaired) electrons. The predicted molar refractivity (Wildman–Crippen MR) is 111 cm³/mol. The van der Waals surface area contributed by atoms with E-state index in [1.54, 1.807) is 12.1 Å². The van der Waals surface area contributed by atoms with Crippen LogP contribution in [0.2, 0.25) is 0 Å². The Morgan fingerprint density at radius 3 is 2.65 bits per heavy atom. The Balaban J connectivity index is 1.56. The molecule has 4 heterocycles. The number of nitrogens with one attached hydrogen (secondary N) is 2. The monoisotopic (exact) mass is 420 g/mol. The van der Waals surface area contributed by atoms with Gasteiger partial charge in [-0.3, -0.25) is 14.4 Å². The average Bonchev–Trinajstić information content (AvgIpc) is 3.43. The lowest BCUT2D eigenvalue weighted by molar-refractivity contribution is -0.948. The summed E-state index contributed by atoms with van der Waals surface area (Å²) in [5, 5.41) is 2.88. The van der Waals surface area contributed by atoms with Crippen LogP contribution in [0.15, 0.2) is 36.4 Å². The van der Waals surface area contributed by atoms with Gasteiger partial charge in [-0.25, -0.2) is 9.29 Å². The zero-order valence-electron chi connectivity index (χ0n) is 17.4. The van der Waals surface area contributed by atoms with Crippen LogP contribution < -0.4 is 15.1 Å². The number of amides is 3. The van der Waals surface area contributed by atoms with Crippen LogP contribution in [-0.4, -0.2) is 30.3 Å². The second-order valence-corrected chi connectivity index (χ2v) is 9.26. The van der Waals surface area contributed by atoms with Crippen molar-refractivity contribution < 1.29 is 23.7 Å². The average molecular weight is 420 g/mol. The first-order valence-electron chi connectivity index (χ1n) is 10.8. The fraction of sp³-hybridized carbons (Fsp3) is 0.375. The summed E-state index contributed by atoms with van der Waals surface area (Å²) in [6.07, 6.45) is 1.64. The molecule has 2 aromatic rings. The number of benzene rings is 2. The molecule has 1 spiro atoms. The van der Waals surface area contributed by atoms with Gasteiger partial charge in [0.15, 0.2) is 0 Å². The maximum atomic E-state index is 14.3. The highest BCUT2D eigenvalue weighted by Crippen LogP contribution is 2.52. The first-order valence-corrected chi connectivity index (χ1v) is 10.8. The van der Waals surface area contributed by atoms with Crippen LogP contribution in [0, 0.1) is 31.5 Å². The topological polar surface area (TPSA) is 70.9 Å². The van der Waals surface area contributed by atoms with Crippen molar-refractivity contribution in [1.29, 1.82) is 0 Å². The number of imide groups is 1. The van der Waals surface area contributed by atoms with Gasteiger partial charge in [-0.05, 0) is 55.3 Å². The Labute approximate surface area is 179 Å². The third-order valence-electron chi connectivity index (χ3n) is 7.93. The fourth-order valence-corrected chi connectivity index (χ4v) is 6.55. The van der Waals surface area contributed by atoms with Gasteiger partial charge in [0.25, 0.3) is 5.91 Å². The van der Waals surface area contributed by atoms with E-state index >= 15 is 0 Å². The summed E-state index contributed by atoms with van der Waals surface area (Å²) in [6, 6.07) is 9.64. The number of quaternary nitrogens is 1. The molecule has 158 valence electrons. The molecule has 5 atom stereocenters. The lowest BCUT2D eigenvalue weighted by Gasteiger charge is -2.33. The number of carbonyl (C=O) groups is 3. The Morgan fingerprint density at radius 2 is 1.87 bits per heavy atom. The van der Waals surface area contributed by atoms with Crippen molar-refractivity contribution in [3.8, 4) is 0 Å². The molecule has 0 aliphatic carbocycles. The largest absolute Gasteiger partial charge is 0.320 e. The van der Waals surface area contributed by atoms with Gasteiger partial charge in [0.2, 0.25) is 17.4 Å². The van der Waals surface area contributed by atoms with E-state index in [0.717, 1.165) is 28.9 Å². The van der Waals surface area contributed by atoms with E-state index in [0.29, 0.717) is 23.5 Å². The molecule has 2 aromatic carbocycles. The SMILES string of the molecule is Cc1ccc(N2C(=O)[C@@H]3[C@H]4CCC[NH+]4[C@@]4(C(=O)Nc5ccc(F)cc54)[C@@H]3C2=O)cc1C. The number of aryl methyl sites for hydroxylation is 2. The van der Waals surface area contributed by atoms with Gasteiger partial charge < -0.3 is 10.2 Å². The number of fused-ring (bicyclic) bond motifs is 7. The van der Waals surface area contributed by atoms with E-state index in [1.807, 2.05) is 26.0 Å². The zero-order valence-corrected chi connectivity index (χ0v) is 17.4. The maximum absolute atomic E-state index is 14.3. The Hall–Kier alpha value is -3.06. The van der Waals surface area contributed by atoms with Crippen molar-refractivity contribution in [3.63, 3.8) is 0 Å². The number of nitrogens with zero attached hydrogens (tertiary/aromatic N) is 1. The van der Waals surface area contributed by atoms with Crippen LogP contribution in [0.5, 0.6) is 0 Å². The number of hydrogen-bond acceptors (Lipinski definition) is 3. The summed E-state index contributed by atoms with van der Waals surface area (Å²) in [4.78, 5) is 43.2. The molecule has 3 amide bonds. The molecule has 6 nitrogen and oxygen atoms in total. The first kappa shape index (κ1) is 18.7. The summed E-state index contributed by atoms with van der Waals surface area (Å²) < 4.78 is 14.3. The van der Waals surface area contributed by atoms with Crippen molar-refractivity contribution in [2.75, 3.05) is 16.8 Å². The highest BCUT2D eigenvalue weighted by atomic mass is 19.1. The van der Waals surface area contributed by atoms with Crippen molar-refractivity contribution in [2.45, 2.75) is 38.3 Å². The van der Waals surface area contributed by atoms with Crippen molar-refractivity contribution >= 4 is 29.1 Å². The van der Waals surface area contributed by atoms with Crippen LogP contribution >= 0.6 is 0 Å². The van der Waals surface area contributed by atoms with Crippen molar-refractivity contribution in [2.24, 2.45) is 11.8 Å². The van der Waals surface area contributed by atoms with E-state index in [1.165, 1.54) is 17.0 Å². The molecule has 1 unspecified atom stereocenters. The molecule has 0 aromatic heterocycles. The van der Waals surface area contributed by atoms with E-state index in [4.69, 9.17) is 0 Å². The minimum atomic E-state index is -1.26. The minimum absolute atomic E-state index is 0.127. The van der Waals surface area contributed by atoms with Crippen LogP contribution in [0.4, 0.5) is 15.8 Å². The zero-order chi connectivity index (χ0) is 21.7. The van der Waals surface area contributed by atoms with Crippen molar-refractivity contribution in [1.82, 2.24) is 0 Å². The number of carbonyl (C=O) groups excluding carboxylic acids is 3. The Morgan fingerprint density at radius 1 is 1.06 bits per heavy atom. The lowest BCUT2D eigenvalue weighted by atomic mass is 9.75. The molecule has 31 heavy (non-hydrogen) atoms. The van der Waals surface area contributed by atoms with E-state index in [-0.39, 0.29) is 23.8 Å². The van der Waals surface area contributed by atoms with Gasteiger partial charge >= 0.3 is 0 Å². The third-order valence-corrected chi connectivity index (χ3v) is 7.93. The smallest absolute Gasteiger partial charge is 0.291 e. The van der Waals surface area contributed by atoms with Gasteiger partial charge in [-0.1, -0.05) is 6.07 Å². The lowest BCUT2D eigenvalue weighted by Crippen LogP contribution is -3.19. The number of halogens is 1. The highest BCUT2D eigenvalue weighted by molar-refractivity contribution is 6.25. The van der Waals surface area contributed by atoms with E-state index in [2.05, 4.69) is 5.32 Å². The van der Waals surface area contributed by atoms with E-state index in [9.17, 15) is 18.8 Å². The van der Waals surface area contributed by atoms with Gasteiger partial charge in [0.05, 0.1) is 17.9 Å². The maximum Gasteiger partial charge on any atom is 0.291 e. The number of hydrogen-bond donors (Lipinski definition) is 2. The number of anilines is 2. The van der Waals surface area contributed by atoms with Gasteiger partial charge in [0.1, 0.15) is 23.7 Å². The second kappa shape index (κ2) is 6.01. The molecule has 3 fully saturated rings. The summed E-state index contributed by atoms with van der Waals surface area (Å²) in [6.45, 7) is 4.61. The third kappa shape index (κ3) is 2.12. The quantitative estimate of drug-likeness (QED) is 0.687. The Bertz CT molecular complexity index is 1190.